The maximum Gasteiger partial charge on any atom is 0.342 e. The lowest BCUT2D eigenvalue weighted by Crippen LogP contribution is -2.28. The molecule has 138 valence electrons. The highest BCUT2D eigenvalue weighted by Crippen LogP contribution is 2.37. The summed E-state index contributed by atoms with van der Waals surface area (Å²) in [6.07, 6.45) is 0. The summed E-state index contributed by atoms with van der Waals surface area (Å²) in [5.41, 5.74) is -0.495. The molecule has 8 heteroatoms. The number of phenolic OH excluding ortho intramolecular Hbond substituents is 1. The van der Waals surface area contributed by atoms with Crippen LogP contribution in [0.5, 0.6) is 11.5 Å². The van der Waals surface area contributed by atoms with E-state index in [-0.39, 0.29) is 36.7 Å². The summed E-state index contributed by atoms with van der Waals surface area (Å²) in [5, 5.41) is 10.1. The Kier molecular flexibility index (Phi) is 7.71. The van der Waals surface area contributed by atoms with Gasteiger partial charge in [0.25, 0.3) is 0 Å². The Bertz CT molecular complexity index is 620. The van der Waals surface area contributed by atoms with Crippen molar-refractivity contribution in [3.8, 4) is 11.5 Å². The molecule has 0 unspecified atom stereocenters. The molecular formula is C17H22O8. The quantitative estimate of drug-likeness (QED) is 0.427. The largest absolute Gasteiger partial charge is 0.507 e. The molecule has 0 fully saturated rings. The van der Waals surface area contributed by atoms with E-state index >= 15 is 0 Å². The Hall–Kier alpha value is -2.77. The minimum absolute atomic E-state index is 0.0189. The molecular weight excluding hydrogens is 332 g/mol. The normalized spacial score (nSPS) is 10.3. The topological polar surface area (TPSA) is 108 Å². The first-order valence-corrected chi connectivity index (χ1v) is 7.82. The Balaban J connectivity index is 3.68. The van der Waals surface area contributed by atoms with Gasteiger partial charge in [0, 0.05) is 5.56 Å². The number of hydrogen-bond donors (Lipinski definition) is 1. The molecule has 0 atom stereocenters. The highest BCUT2D eigenvalue weighted by molar-refractivity contribution is 6.06. The first kappa shape index (κ1) is 20.3. The highest BCUT2D eigenvalue weighted by atomic mass is 16.6. The van der Waals surface area contributed by atoms with Crippen molar-refractivity contribution in [3.63, 3.8) is 0 Å². The van der Waals surface area contributed by atoms with Crippen molar-refractivity contribution in [3.05, 3.63) is 23.3 Å². The fourth-order valence-corrected chi connectivity index (χ4v) is 2.26. The molecule has 1 N–H and O–H groups in total. The smallest absolute Gasteiger partial charge is 0.342 e. The number of hydrogen-bond acceptors (Lipinski definition) is 8. The van der Waals surface area contributed by atoms with Crippen molar-refractivity contribution >= 4 is 17.9 Å². The van der Waals surface area contributed by atoms with Crippen molar-refractivity contribution in [2.45, 2.75) is 26.7 Å². The van der Waals surface area contributed by atoms with Gasteiger partial charge in [-0.15, -0.1) is 0 Å². The van der Waals surface area contributed by atoms with E-state index in [4.69, 9.17) is 14.2 Å². The van der Waals surface area contributed by atoms with E-state index in [0.717, 1.165) is 7.11 Å². The van der Waals surface area contributed by atoms with E-state index in [1.807, 2.05) is 0 Å². The zero-order chi connectivity index (χ0) is 19.0. The van der Waals surface area contributed by atoms with Crippen LogP contribution in [0.2, 0.25) is 0 Å². The fraction of sp³-hybridized carbons (Fsp3) is 0.471. The second-order valence-electron chi connectivity index (χ2n) is 4.73. The molecule has 1 rings (SSSR count). The molecule has 0 bridgehead atoms. The van der Waals surface area contributed by atoms with E-state index in [2.05, 4.69) is 4.74 Å². The first-order chi connectivity index (χ1) is 11.9. The Morgan fingerprint density at radius 1 is 1.00 bits per heavy atom. The maximum atomic E-state index is 12.4. The molecule has 0 aliphatic carbocycles. The molecule has 8 nitrogen and oxygen atoms in total. The lowest BCUT2D eigenvalue weighted by Gasteiger charge is -2.21. The molecule has 0 spiro atoms. The van der Waals surface area contributed by atoms with Gasteiger partial charge in [-0.3, -0.25) is 9.59 Å². The lowest BCUT2D eigenvalue weighted by molar-refractivity contribution is -0.157. The van der Waals surface area contributed by atoms with E-state index < -0.39 is 29.6 Å². The molecule has 1 aromatic carbocycles. The molecule has 0 heterocycles. The third kappa shape index (κ3) is 4.62. The predicted molar refractivity (Wildman–Crippen MR) is 86.6 cm³/mol. The SMILES string of the molecule is CCOC(=O)C(C(=O)OCC)c1c(OCC)ccc(O)c1C(=O)OC. The van der Waals surface area contributed by atoms with Crippen LogP contribution in [0.15, 0.2) is 12.1 Å². The van der Waals surface area contributed by atoms with Crippen LogP contribution in [-0.2, 0) is 23.8 Å². The number of carbonyl (C=O) groups excluding carboxylic acids is 3. The van der Waals surface area contributed by atoms with E-state index in [1.165, 1.54) is 12.1 Å². The van der Waals surface area contributed by atoms with Crippen LogP contribution in [0.4, 0.5) is 0 Å². The standard InChI is InChI=1S/C17H22O8/c1-5-23-11-9-8-10(18)12(15(19)22-4)13(11)14(16(20)24-6-2)17(21)25-7-3/h8-9,14,18H,5-7H2,1-4H3. The van der Waals surface area contributed by atoms with Crippen LogP contribution in [0.3, 0.4) is 0 Å². The number of rotatable bonds is 8. The molecule has 0 aromatic heterocycles. The number of benzene rings is 1. The van der Waals surface area contributed by atoms with Crippen LogP contribution in [0, 0.1) is 0 Å². The number of phenols is 1. The summed E-state index contributed by atoms with van der Waals surface area (Å²) in [7, 11) is 1.11. The number of aromatic hydroxyl groups is 1. The van der Waals surface area contributed by atoms with E-state index in [9.17, 15) is 19.5 Å². The minimum atomic E-state index is -1.59. The molecule has 1 aromatic rings. The van der Waals surface area contributed by atoms with Crippen molar-refractivity contribution < 1.29 is 38.4 Å². The van der Waals surface area contributed by atoms with Gasteiger partial charge in [-0.25, -0.2) is 4.79 Å². The molecule has 0 aliphatic rings. The summed E-state index contributed by atoms with van der Waals surface area (Å²) in [5.74, 6) is -4.73. The molecule has 0 amide bonds. The van der Waals surface area contributed by atoms with Gasteiger partial charge in [0.1, 0.15) is 17.1 Å². The monoisotopic (exact) mass is 354 g/mol. The van der Waals surface area contributed by atoms with Crippen molar-refractivity contribution in [1.82, 2.24) is 0 Å². The summed E-state index contributed by atoms with van der Waals surface area (Å²) in [4.78, 5) is 36.9. The molecule has 0 radical (unpaired) electrons. The van der Waals surface area contributed by atoms with Gasteiger partial charge in [0.2, 0.25) is 0 Å². The second-order valence-corrected chi connectivity index (χ2v) is 4.73. The molecule has 0 saturated heterocycles. The number of esters is 3. The van der Waals surface area contributed by atoms with Gasteiger partial charge in [0.15, 0.2) is 5.92 Å². The van der Waals surface area contributed by atoms with Gasteiger partial charge >= 0.3 is 17.9 Å². The number of methoxy groups -OCH3 is 1. The summed E-state index contributed by atoms with van der Waals surface area (Å²) in [6.45, 7) is 5.09. The number of carbonyl (C=O) groups is 3. The Labute approximate surface area is 145 Å². The van der Waals surface area contributed by atoms with Gasteiger partial charge in [-0.05, 0) is 32.9 Å². The van der Waals surface area contributed by atoms with Crippen LogP contribution >= 0.6 is 0 Å². The van der Waals surface area contributed by atoms with Gasteiger partial charge in [0.05, 0.1) is 26.9 Å². The van der Waals surface area contributed by atoms with Crippen LogP contribution in [0.1, 0.15) is 42.6 Å². The Morgan fingerprint density at radius 2 is 1.56 bits per heavy atom. The molecule has 0 saturated carbocycles. The van der Waals surface area contributed by atoms with Gasteiger partial charge in [-0.1, -0.05) is 0 Å². The molecule has 25 heavy (non-hydrogen) atoms. The first-order valence-electron chi connectivity index (χ1n) is 7.82. The maximum absolute atomic E-state index is 12.4. The zero-order valence-corrected chi connectivity index (χ0v) is 14.7. The van der Waals surface area contributed by atoms with Crippen LogP contribution < -0.4 is 4.74 Å². The van der Waals surface area contributed by atoms with Crippen molar-refractivity contribution in [1.29, 1.82) is 0 Å². The lowest BCUT2D eigenvalue weighted by atomic mass is 9.92. The number of ether oxygens (including phenoxy) is 4. The van der Waals surface area contributed by atoms with Crippen molar-refractivity contribution in [2.75, 3.05) is 26.9 Å². The van der Waals surface area contributed by atoms with Gasteiger partial charge < -0.3 is 24.1 Å². The Morgan fingerprint density at radius 3 is 2.00 bits per heavy atom. The van der Waals surface area contributed by atoms with Crippen LogP contribution in [-0.4, -0.2) is 49.9 Å². The van der Waals surface area contributed by atoms with E-state index in [0.29, 0.717) is 0 Å². The average molecular weight is 354 g/mol. The molecule has 0 aliphatic heterocycles. The second kappa shape index (κ2) is 9.51. The fourth-order valence-electron chi connectivity index (χ4n) is 2.26. The van der Waals surface area contributed by atoms with E-state index in [1.54, 1.807) is 20.8 Å². The van der Waals surface area contributed by atoms with Gasteiger partial charge in [-0.2, -0.15) is 0 Å². The predicted octanol–water partition coefficient (Wildman–Crippen LogP) is 1.79. The highest BCUT2D eigenvalue weighted by Gasteiger charge is 2.39. The minimum Gasteiger partial charge on any atom is -0.507 e. The zero-order valence-electron chi connectivity index (χ0n) is 14.7. The van der Waals surface area contributed by atoms with Crippen LogP contribution in [0.25, 0.3) is 0 Å². The average Bonchev–Trinajstić information content (AvgIpc) is 2.57. The third-order valence-corrected chi connectivity index (χ3v) is 3.21. The summed E-state index contributed by atoms with van der Waals surface area (Å²) < 4.78 is 20.0. The third-order valence-electron chi connectivity index (χ3n) is 3.21. The summed E-state index contributed by atoms with van der Waals surface area (Å²) >= 11 is 0. The summed E-state index contributed by atoms with van der Waals surface area (Å²) in [6, 6.07) is 2.57. The van der Waals surface area contributed by atoms with Crippen molar-refractivity contribution in [2.24, 2.45) is 0 Å².